The fourth-order valence-corrected chi connectivity index (χ4v) is 1.51. The maximum Gasteiger partial charge on any atom is 0.219 e. The fourth-order valence-electron chi connectivity index (χ4n) is 1.23. The molecule has 17 heavy (non-hydrogen) atoms. The molecule has 0 fully saturated rings. The summed E-state index contributed by atoms with van der Waals surface area (Å²) in [5.41, 5.74) is 0.728. The van der Waals surface area contributed by atoms with Crippen molar-refractivity contribution in [3.05, 3.63) is 52.1 Å². The van der Waals surface area contributed by atoms with Crippen molar-refractivity contribution >= 4 is 23.2 Å². The number of pyridine rings is 1. The van der Waals surface area contributed by atoms with E-state index in [4.69, 9.17) is 33.0 Å². The molecule has 2 aromatic rings. The van der Waals surface area contributed by atoms with E-state index in [9.17, 15) is 0 Å². The van der Waals surface area contributed by atoms with Crippen molar-refractivity contribution in [1.82, 2.24) is 4.98 Å². The summed E-state index contributed by atoms with van der Waals surface area (Å²) >= 11 is 11.7. The van der Waals surface area contributed by atoms with Crippen LogP contribution in [0.15, 0.2) is 36.5 Å². The number of nitrogens with zero attached hydrogens (tertiary/aromatic N) is 1. The van der Waals surface area contributed by atoms with Crippen LogP contribution in [-0.4, -0.2) is 10.1 Å². The van der Waals surface area contributed by atoms with Crippen LogP contribution >= 0.6 is 23.2 Å². The van der Waals surface area contributed by atoms with Crippen molar-refractivity contribution in [2.75, 3.05) is 0 Å². The lowest BCUT2D eigenvalue weighted by atomic mass is 10.3. The number of aliphatic hydroxyl groups excluding tert-OH is 1. The number of aliphatic hydroxyl groups is 1. The zero-order chi connectivity index (χ0) is 12.3. The number of halogens is 2. The van der Waals surface area contributed by atoms with Crippen molar-refractivity contribution in [3.8, 4) is 11.6 Å². The molecule has 0 aliphatic rings. The van der Waals surface area contributed by atoms with Gasteiger partial charge in [0.1, 0.15) is 5.75 Å². The summed E-state index contributed by atoms with van der Waals surface area (Å²) in [4.78, 5) is 4.04. The van der Waals surface area contributed by atoms with Gasteiger partial charge in [0.05, 0.1) is 16.7 Å². The quantitative estimate of drug-likeness (QED) is 0.925. The van der Waals surface area contributed by atoms with Crippen LogP contribution in [0.25, 0.3) is 0 Å². The van der Waals surface area contributed by atoms with E-state index in [1.807, 2.05) is 0 Å². The standard InChI is InChI=1S/C12H9Cl2NO2/c13-10-3-2-9(5-11(10)14)17-12-4-1-8(7-16)6-15-12/h1-6,16H,7H2. The Morgan fingerprint density at radius 2 is 1.94 bits per heavy atom. The zero-order valence-electron chi connectivity index (χ0n) is 8.73. The van der Waals surface area contributed by atoms with Gasteiger partial charge in [0.2, 0.25) is 5.88 Å². The van der Waals surface area contributed by atoms with Crippen molar-refractivity contribution in [3.63, 3.8) is 0 Å². The van der Waals surface area contributed by atoms with Gasteiger partial charge in [0, 0.05) is 18.3 Å². The molecule has 1 heterocycles. The number of ether oxygens (including phenoxy) is 1. The summed E-state index contributed by atoms with van der Waals surface area (Å²) in [7, 11) is 0. The van der Waals surface area contributed by atoms with Crippen molar-refractivity contribution in [2.45, 2.75) is 6.61 Å². The van der Waals surface area contributed by atoms with Crippen LogP contribution < -0.4 is 4.74 Å². The Bertz CT molecular complexity index is 514. The molecule has 0 amide bonds. The van der Waals surface area contributed by atoms with Gasteiger partial charge in [0.25, 0.3) is 0 Å². The molecule has 0 saturated heterocycles. The lowest BCUT2D eigenvalue weighted by molar-refractivity contribution is 0.281. The van der Waals surface area contributed by atoms with Gasteiger partial charge in [-0.1, -0.05) is 23.2 Å². The van der Waals surface area contributed by atoms with Crippen molar-refractivity contribution in [2.24, 2.45) is 0 Å². The highest BCUT2D eigenvalue weighted by atomic mass is 35.5. The topological polar surface area (TPSA) is 42.4 Å². The average molecular weight is 270 g/mol. The highest BCUT2D eigenvalue weighted by Gasteiger charge is 2.02. The molecule has 5 heteroatoms. The maximum absolute atomic E-state index is 8.87. The molecule has 0 aliphatic carbocycles. The Morgan fingerprint density at radius 1 is 1.12 bits per heavy atom. The molecule has 0 atom stereocenters. The smallest absolute Gasteiger partial charge is 0.219 e. The molecule has 1 N–H and O–H groups in total. The Kier molecular flexibility index (Phi) is 3.84. The van der Waals surface area contributed by atoms with E-state index in [0.29, 0.717) is 21.7 Å². The van der Waals surface area contributed by atoms with Gasteiger partial charge in [-0.2, -0.15) is 0 Å². The third kappa shape index (κ3) is 3.09. The van der Waals surface area contributed by atoms with Gasteiger partial charge in [-0.05, 0) is 23.8 Å². The Morgan fingerprint density at radius 3 is 2.53 bits per heavy atom. The van der Waals surface area contributed by atoms with Gasteiger partial charge >= 0.3 is 0 Å². The summed E-state index contributed by atoms with van der Waals surface area (Å²) in [5.74, 6) is 0.990. The van der Waals surface area contributed by atoms with Crippen LogP contribution in [0.3, 0.4) is 0 Å². The second-order valence-corrected chi connectivity index (χ2v) is 4.16. The van der Waals surface area contributed by atoms with Crippen LogP contribution in [-0.2, 0) is 6.61 Å². The largest absolute Gasteiger partial charge is 0.439 e. The number of rotatable bonds is 3. The number of hydrogen-bond donors (Lipinski definition) is 1. The minimum Gasteiger partial charge on any atom is -0.439 e. The van der Waals surface area contributed by atoms with Gasteiger partial charge < -0.3 is 9.84 Å². The van der Waals surface area contributed by atoms with Gasteiger partial charge in [-0.15, -0.1) is 0 Å². The summed E-state index contributed by atoms with van der Waals surface area (Å²) in [6, 6.07) is 8.39. The molecule has 0 bridgehead atoms. The predicted molar refractivity (Wildman–Crippen MR) is 66.7 cm³/mol. The van der Waals surface area contributed by atoms with E-state index in [-0.39, 0.29) is 6.61 Å². The van der Waals surface area contributed by atoms with Gasteiger partial charge in [0.15, 0.2) is 0 Å². The van der Waals surface area contributed by atoms with Crippen LogP contribution in [0.2, 0.25) is 10.0 Å². The van der Waals surface area contributed by atoms with Gasteiger partial charge in [-0.25, -0.2) is 4.98 Å². The molecule has 0 saturated carbocycles. The Balaban J connectivity index is 2.16. The summed E-state index contributed by atoms with van der Waals surface area (Å²) in [6.45, 7) is -0.0416. The van der Waals surface area contributed by atoms with Crippen molar-refractivity contribution < 1.29 is 9.84 Å². The van der Waals surface area contributed by atoms with Crippen LogP contribution in [0.1, 0.15) is 5.56 Å². The first-order valence-electron chi connectivity index (χ1n) is 4.88. The molecular weight excluding hydrogens is 261 g/mol. The minimum atomic E-state index is -0.0416. The molecule has 0 aliphatic heterocycles. The highest BCUT2D eigenvalue weighted by Crippen LogP contribution is 2.28. The molecule has 0 radical (unpaired) electrons. The van der Waals surface area contributed by atoms with E-state index in [0.717, 1.165) is 5.56 Å². The summed E-state index contributed by atoms with van der Waals surface area (Å²) in [5, 5.41) is 9.77. The zero-order valence-corrected chi connectivity index (χ0v) is 10.2. The molecule has 0 unspecified atom stereocenters. The van der Waals surface area contributed by atoms with E-state index in [1.54, 1.807) is 36.5 Å². The molecule has 1 aromatic heterocycles. The molecule has 2 rings (SSSR count). The molecule has 0 spiro atoms. The van der Waals surface area contributed by atoms with Gasteiger partial charge in [-0.3, -0.25) is 0 Å². The first kappa shape index (κ1) is 12.2. The molecule has 3 nitrogen and oxygen atoms in total. The second kappa shape index (κ2) is 5.36. The van der Waals surface area contributed by atoms with E-state index in [1.165, 1.54) is 0 Å². The first-order valence-corrected chi connectivity index (χ1v) is 5.63. The highest BCUT2D eigenvalue weighted by molar-refractivity contribution is 6.42. The number of aromatic nitrogens is 1. The van der Waals surface area contributed by atoms with E-state index >= 15 is 0 Å². The number of hydrogen-bond acceptors (Lipinski definition) is 3. The minimum absolute atomic E-state index is 0.0416. The van der Waals surface area contributed by atoms with Crippen molar-refractivity contribution in [1.29, 1.82) is 0 Å². The summed E-state index contributed by atoms with van der Waals surface area (Å²) < 4.78 is 5.48. The van der Waals surface area contributed by atoms with Crippen LogP contribution in [0.5, 0.6) is 11.6 Å². The van der Waals surface area contributed by atoms with E-state index < -0.39 is 0 Å². The normalized spacial score (nSPS) is 10.3. The third-order valence-corrected chi connectivity index (χ3v) is 2.83. The molecule has 1 aromatic carbocycles. The van der Waals surface area contributed by atoms with Crippen LogP contribution in [0.4, 0.5) is 0 Å². The summed E-state index contributed by atoms with van der Waals surface area (Å²) in [6.07, 6.45) is 1.55. The first-order chi connectivity index (χ1) is 8.19. The third-order valence-electron chi connectivity index (χ3n) is 2.09. The predicted octanol–water partition coefficient (Wildman–Crippen LogP) is 3.67. The Hall–Kier alpha value is -1.29. The molecular formula is C12H9Cl2NO2. The second-order valence-electron chi connectivity index (χ2n) is 3.34. The Labute approximate surface area is 109 Å². The average Bonchev–Trinajstić information content (AvgIpc) is 2.35. The van der Waals surface area contributed by atoms with Crippen LogP contribution in [0, 0.1) is 0 Å². The fraction of sp³-hybridized carbons (Fsp3) is 0.0833. The van der Waals surface area contributed by atoms with E-state index in [2.05, 4.69) is 4.98 Å². The monoisotopic (exact) mass is 269 g/mol. The maximum atomic E-state index is 8.87. The number of benzene rings is 1. The SMILES string of the molecule is OCc1ccc(Oc2ccc(Cl)c(Cl)c2)nc1. The molecule has 88 valence electrons. The lowest BCUT2D eigenvalue weighted by Gasteiger charge is -2.06. The lowest BCUT2D eigenvalue weighted by Crippen LogP contribution is -1.90.